The Bertz CT molecular complexity index is 300. The second-order valence-electron chi connectivity index (χ2n) is 3.56. The molecule has 0 saturated heterocycles. The van der Waals surface area contributed by atoms with Crippen LogP contribution < -0.4 is 5.73 Å². The quantitative estimate of drug-likeness (QED) is 0.807. The first-order valence-electron chi connectivity index (χ1n) is 5.41. The fraction of sp³-hybridized carbons (Fsp3) is 0.500. The summed E-state index contributed by atoms with van der Waals surface area (Å²) >= 11 is 0. The summed E-state index contributed by atoms with van der Waals surface area (Å²) < 4.78 is 12.0. The molecule has 1 aromatic rings. The third kappa shape index (κ3) is 3.76. The van der Waals surface area contributed by atoms with Crippen molar-refractivity contribution in [3.05, 3.63) is 35.9 Å². The monoisotopic (exact) mass is 225 g/mol. The molecular weight excluding hydrogens is 206 g/mol. The number of nitrogens with two attached hydrogens (primary N) is 1. The van der Waals surface area contributed by atoms with Gasteiger partial charge in [0, 0.05) is 16.6 Å². The smallest absolute Gasteiger partial charge is 0.0609 e. The van der Waals surface area contributed by atoms with E-state index in [4.69, 9.17) is 5.73 Å². The van der Waals surface area contributed by atoms with Crippen LogP contribution in [-0.4, -0.2) is 16.5 Å². The molecule has 2 N–H and O–H groups in total. The van der Waals surface area contributed by atoms with Crippen molar-refractivity contribution in [3.63, 3.8) is 0 Å². The van der Waals surface area contributed by atoms with Gasteiger partial charge in [-0.3, -0.25) is 4.21 Å². The molecule has 0 spiro atoms. The molecule has 84 valence electrons. The van der Waals surface area contributed by atoms with E-state index in [2.05, 4.69) is 6.92 Å². The van der Waals surface area contributed by atoms with Crippen LogP contribution in [0.15, 0.2) is 30.3 Å². The molecule has 0 heterocycles. The van der Waals surface area contributed by atoms with Crippen molar-refractivity contribution in [1.82, 2.24) is 0 Å². The minimum absolute atomic E-state index is 0.108. The van der Waals surface area contributed by atoms with Crippen molar-refractivity contribution in [2.45, 2.75) is 25.0 Å². The fourth-order valence-electron chi connectivity index (χ4n) is 1.61. The maximum Gasteiger partial charge on any atom is 0.0609 e. The molecule has 2 nitrogen and oxygen atoms in total. The fourth-order valence-corrected chi connectivity index (χ4v) is 3.16. The zero-order valence-corrected chi connectivity index (χ0v) is 10.0. The zero-order chi connectivity index (χ0) is 11.1. The number of benzene rings is 1. The molecule has 0 aliphatic rings. The number of hydrogen-bond donors (Lipinski definition) is 1. The minimum Gasteiger partial charge on any atom is -0.330 e. The van der Waals surface area contributed by atoms with Gasteiger partial charge in [-0.1, -0.05) is 37.3 Å². The van der Waals surface area contributed by atoms with Crippen LogP contribution in [0.2, 0.25) is 0 Å². The van der Waals surface area contributed by atoms with Gasteiger partial charge in [-0.15, -0.1) is 0 Å². The third-order valence-corrected chi connectivity index (χ3v) is 4.28. The van der Waals surface area contributed by atoms with Crippen LogP contribution >= 0.6 is 0 Å². The molecular formula is C12H19NOS. The number of rotatable bonds is 6. The molecule has 0 bridgehead atoms. The van der Waals surface area contributed by atoms with Crippen LogP contribution in [0.1, 0.15) is 30.6 Å². The van der Waals surface area contributed by atoms with E-state index in [0.29, 0.717) is 6.54 Å². The topological polar surface area (TPSA) is 43.1 Å². The van der Waals surface area contributed by atoms with Crippen LogP contribution in [0.25, 0.3) is 0 Å². The summed E-state index contributed by atoms with van der Waals surface area (Å²) in [6.45, 7) is 2.65. The van der Waals surface area contributed by atoms with Gasteiger partial charge in [0.15, 0.2) is 0 Å². The molecule has 2 atom stereocenters. The lowest BCUT2D eigenvalue weighted by molar-refractivity contribution is 0.662. The second-order valence-corrected chi connectivity index (χ2v) is 5.30. The Balaban J connectivity index is 2.78. The molecule has 0 aromatic heterocycles. The lowest BCUT2D eigenvalue weighted by atomic mass is 10.1. The summed E-state index contributed by atoms with van der Waals surface area (Å²) in [4.78, 5) is 0. The van der Waals surface area contributed by atoms with E-state index in [0.717, 1.165) is 24.2 Å². The van der Waals surface area contributed by atoms with Gasteiger partial charge >= 0.3 is 0 Å². The van der Waals surface area contributed by atoms with Gasteiger partial charge in [0.1, 0.15) is 0 Å². The summed E-state index contributed by atoms with van der Waals surface area (Å²) in [6.07, 6.45) is 1.76. The lowest BCUT2D eigenvalue weighted by Gasteiger charge is -2.15. The molecule has 1 rings (SSSR count). The normalized spacial score (nSPS) is 14.8. The molecule has 3 heteroatoms. The van der Waals surface area contributed by atoms with Crippen LogP contribution in [-0.2, 0) is 10.8 Å². The maximum atomic E-state index is 12.0. The van der Waals surface area contributed by atoms with Crippen molar-refractivity contribution >= 4 is 10.8 Å². The minimum atomic E-state index is -0.789. The van der Waals surface area contributed by atoms with Crippen molar-refractivity contribution in [2.75, 3.05) is 12.3 Å². The predicted molar refractivity (Wildman–Crippen MR) is 66.2 cm³/mol. The van der Waals surface area contributed by atoms with E-state index in [1.165, 1.54) is 0 Å². The van der Waals surface area contributed by atoms with Crippen molar-refractivity contribution < 1.29 is 4.21 Å². The Morgan fingerprint density at radius 3 is 2.53 bits per heavy atom. The summed E-state index contributed by atoms with van der Waals surface area (Å²) in [6, 6.07) is 10.0. The van der Waals surface area contributed by atoms with Crippen LogP contribution in [0.3, 0.4) is 0 Å². The molecule has 0 amide bonds. The van der Waals surface area contributed by atoms with E-state index >= 15 is 0 Å². The SMILES string of the molecule is CCCS(=O)C(CCN)c1ccccc1. The van der Waals surface area contributed by atoms with E-state index in [1.54, 1.807) is 0 Å². The molecule has 0 radical (unpaired) electrons. The van der Waals surface area contributed by atoms with Gasteiger partial charge in [0.25, 0.3) is 0 Å². The summed E-state index contributed by atoms with van der Waals surface area (Å²) in [5.74, 6) is 0.763. The van der Waals surface area contributed by atoms with Gasteiger partial charge in [0.2, 0.25) is 0 Å². The highest BCUT2D eigenvalue weighted by atomic mass is 32.2. The first-order valence-corrected chi connectivity index (χ1v) is 6.80. The third-order valence-electron chi connectivity index (χ3n) is 2.32. The lowest BCUT2D eigenvalue weighted by Crippen LogP contribution is -2.14. The predicted octanol–water partition coefficient (Wildman–Crippen LogP) is 2.24. The number of hydrogen-bond acceptors (Lipinski definition) is 2. The van der Waals surface area contributed by atoms with Gasteiger partial charge < -0.3 is 5.73 Å². The largest absolute Gasteiger partial charge is 0.330 e. The Morgan fingerprint density at radius 1 is 1.33 bits per heavy atom. The Hall–Kier alpha value is -0.670. The van der Waals surface area contributed by atoms with E-state index < -0.39 is 10.8 Å². The van der Waals surface area contributed by atoms with E-state index in [9.17, 15) is 4.21 Å². The second kappa shape index (κ2) is 6.75. The first kappa shape index (κ1) is 12.4. The standard InChI is InChI=1S/C12H19NOS/c1-2-10-15(14)12(8-9-13)11-6-4-3-5-7-11/h3-7,12H,2,8-10,13H2,1H3. The molecule has 0 saturated carbocycles. The Labute approximate surface area is 94.3 Å². The van der Waals surface area contributed by atoms with Gasteiger partial charge in [0.05, 0.1) is 5.25 Å². The van der Waals surface area contributed by atoms with Crippen LogP contribution in [0, 0.1) is 0 Å². The summed E-state index contributed by atoms with van der Waals surface area (Å²) in [7, 11) is -0.789. The van der Waals surface area contributed by atoms with Crippen LogP contribution in [0.4, 0.5) is 0 Å². The molecule has 0 fully saturated rings. The van der Waals surface area contributed by atoms with Gasteiger partial charge in [-0.25, -0.2) is 0 Å². The molecule has 0 aliphatic carbocycles. The highest BCUT2D eigenvalue weighted by Crippen LogP contribution is 2.23. The molecule has 0 aliphatic heterocycles. The molecule has 2 unspecified atom stereocenters. The van der Waals surface area contributed by atoms with Crippen molar-refractivity contribution in [1.29, 1.82) is 0 Å². The molecule has 15 heavy (non-hydrogen) atoms. The average molecular weight is 225 g/mol. The summed E-state index contributed by atoms with van der Waals surface area (Å²) in [5.41, 5.74) is 6.71. The molecule has 1 aromatic carbocycles. The van der Waals surface area contributed by atoms with Crippen molar-refractivity contribution in [3.8, 4) is 0 Å². The van der Waals surface area contributed by atoms with Gasteiger partial charge in [-0.2, -0.15) is 0 Å². The van der Waals surface area contributed by atoms with Crippen LogP contribution in [0.5, 0.6) is 0 Å². The van der Waals surface area contributed by atoms with E-state index in [-0.39, 0.29) is 5.25 Å². The summed E-state index contributed by atoms with van der Waals surface area (Å²) in [5, 5.41) is 0.108. The highest BCUT2D eigenvalue weighted by molar-refractivity contribution is 7.85. The van der Waals surface area contributed by atoms with E-state index in [1.807, 2.05) is 30.3 Å². The maximum absolute atomic E-state index is 12.0. The Kier molecular flexibility index (Phi) is 5.58. The zero-order valence-electron chi connectivity index (χ0n) is 9.19. The first-order chi connectivity index (χ1) is 7.29. The average Bonchev–Trinajstić information content (AvgIpc) is 2.27. The van der Waals surface area contributed by atoms with Crippen molar-refractivity contribution in [2.24, 2.45) is 5.73 Å². The Morgan fingerprint density at radius 2 is 2.00 bits per heavy atom. The highest BCUT2D eigenvalue weighted by Gasteiger charge is 2.16. The van der Waals surface area contributed by atoms with Gasteiger partial charge in [-0.05, 0) is 24.9 Å².